The van der Waals surface area contributed by atoms with Gasteiger partial charge in [-0.15, -0.1) is 0 Å². The van der Waals surface area contributed by atoms with Gasteiger partial charge in [-0.1, -0.05) is 72.8 Å². The molecule has 0 heterocycles. The van der Waals surface area contributed by atoms with E-state index in [2.05, 4.69) is 5.32 Å². The maximum absolute atomic E-state index is 14.1. The summed E-state index contributed by atoms with van der Waals surface area (Å²) >= 11 is 12.5. The summed E-state index contributed by atoms with van der Waals surface area (Å²) in [7, 11) is -4.17. The average Bonchev–Trinajstić information content (AvgIpc) is 2.95. The molecule has 3 aromatic rings. The average molecular weight is 617 g/mol. The number of sulfonamides is 1. The second-order valence-electron chi connectivity index (χ2n) is 10.4. The first kappa shape index (κ1) is 30.9. The van der Waals surface area contributed by atoms with Gasteiger partial charge < -0.3 is 10.2 Å². The summed E-state index contributed by atoms with van der Waals surface area (Å²) in [6, 6.07) is 19.0. The highest BCUT2D eigenvalue weighted by Gasteiger charge is 2.33. The first-order valence-corrected chi connectivity index (χ1v) is 15.9. The van der Waals surface area contributed by atoms with Gasteiger partial charge in [-0.3, -0.25) is 13.9 Å². The largest absolute Gasteiger partial charge is 0.352 e. The van der Waals surface area contributed by atoms with Gasteiger partial charge in [0.25, 0.3) is 10.0 Å². The number of nitrogens with zero attached hydrogens (tertiary/aromatic N) is 2. The zero-order valence-corrected chi connectivity index (χ0v) is 25.6. The number of carbonyl (C=O) groups is 2. The topological polar surface area (TPSA) is 86.8 Å². The monoisotopic (exact) mass is 615 g/mol. The van der Waals surface area contributed by atoms with Crippen LogP contribution in [-0.4, -0.2) is 43.8 Å². The molecular formula is C31H35Cl2N3O4S. The first-order chi connectivity index (χ1) is 19.6. The van der Waals surface area contributed by atoms with Crippen LogP contribution in [0.25, 0.3) is 0 Å². The fraction of sp³-hybridized carbons (Fsp3) is 0.355. The van der Waals surface area contributed by atoms with Crippen molar-refractivity contribution >= 4 is 50.7 Å². The number of nitrogens with one attached hydrogen (secondary N) is 1. The van der Waals surface area contributed by atoms with Gasteiger partial charge in [0, 0.05) is 22.6 Å². The quantitative estimate of drug-likeness (QED) is 0.287. The minimum Gasteiger partial charge on any atom is -0.352 e. The van der Waals surface area contributed by atoms with Crippen molar-refractivity contribution in [1.29, 1.82) is 0 Å². The molecule has 0 saturated heterocycles. The minimum absolute atomic E-state index is 0.00282. The number of aryl methyl sites for hydroxylation is 1. The van der Waals surface area contributed by atoms with Crippen molar-refractivity contribution in [2.75, 3.05) is 10.8 Å². The fourth-order valence-corrected chi connectivity index (χ4v) is 6.73. The highest BCUT2D eigenvalue weighted by Crippen LogP contribution is 2.27. The number of benzene rings is 3. The van der Waals surface area contributed by atoms with Gasteiger partial charge in [-0.2, -0.15) is 0 Å². The molecule has 0 bridgehead atoms. The summed E-state index contributed by atoms with van der Waals surface area (Å²) in [4.78, 5) is 28.9. The molecule has 1 fully saturated rings. The van der Waals surface area contributed by atoms with E-state index < -0.39 is 28.5 Å². The fourth-order valence-electron chi connectivity index (χ4n) is 5.01. The van der Waals surface area contributed by atoms with Crippen LogP contribution in [0.2, 0.25) is 10.0 Å². The molecule has 0 aliphatic heterocycles. The molecular weight excluding hydrogens is 581 g/mol. The van der Waals surface area contributed by atoms with Crippen LogP contribution in [0.15, 0.2) is 77.7 Å². The van der Waals surface area contributed by atoms with E-state index in [0.717, 1.165) is 42.0 Å². The van der Waals surface area contributed by atoms with E-state index in [1.807, 2.05) is 13.0 Å². The maximum Gasteiger partial charge on any atom is 0.264 e. The highest BCUT2D eigenvalue weighted by atomic mass is 35.5. The van der Waals surface area contributed by atoms with Crippen molar-refractivity contribution in [3.05, 3.63) is 94.0 Å². The summed E-state index contributed by atoms with van der Waals surface area (Å²) in [5.74, 6) is -0.810. The summed E-state index contributed by atoms with van der Waals surface area (Å²) in [6.45, 7) is 3.04. The Morgan fingerprint density at radius 1 is 0.951 bits per heavy atom. The lowest BCUT2D eigenvalue weighted by Crippen LogP contribution is -2.53. The third-order valence-corrected chi connectivity index (χ3v) is 9.80. The van der Waals surface area contributed by atoms with E-state index in [0.29, 0.717) is 21.3 Å². The predicted molar refractivity (Wildman–Crippen MR) is 164 cm³/mol. The van der Waals surface area contributed by atoms with Gasteiger partial charge in [-0.25, -0.2) is 8.42 Å². The number of amides is 2. The Morgan fingerprint density at radius 2 is 1.63 bits per heavy atom. The number of hydrogen-bond donors (Lipinski definition) is 1. The molecule has 10 heteroatoms. The first-order valence-electron chi connectivity index (χ1n) is 13.7. The molecule has 1 atom stereocenters. The number of rotatable bonds is 10. The molecule has 2 amide bonds. The molecule has 41 heavy (non-hydrogen) atoms. The molecule has 7 nitrogen and oxygen atoms in total. The minimum atomic E-state index is -4.17. The van der Waals surface area contributed by atoms with E-state index in [1.54, 1.807) is 49.4 Å². The van der Waals surface area contributed by atoms with Crippen LogP contribution in [0.3, 0.4) is 0 Å². The lowest BCUT2D eigenvalue weighted by molar-refractivity contribution is -0.139. The smallest absolute Gasteiger partial charge is 0.264 e. The number of halogens is 2. The molecule has 1 aliphatic carbocycles. The van der Waals surface area contributed by atoms with E-state index in [1.165, 1.54) is 29.2 Å². The Bertz CT molecular complexity index is 1470. The van der Waals surface area contributed by atoms with Crippen LogP contribution >= 0.6 is 23.2 Å². The summed E-state index contributed by atoms with van der Waals surface area (Å²) in [6.07, 6.45) is 5.05. The lowest BCUT2D eigenvalue weighted by atomic mass is 9.95. The van der Waals surface area contributed by atoms with Crippen molar-refractivity contribution in [2.24, 2.45) is 0 Å². The van der Waals surface area contributed by atoms with Crippen LogP contribution < -0.4 is 9.62 Å². The molecule has 1 aliphatic rings. The Hall–Kier alpha value is -3.07. The standard InChI is InChI=1S/C31H35Cl2N3O4S/c1-22-9-8-13-27(19-22)36(41(39,40)28-17-15-25(32)16-18-28)21-30(37)35(20-24-10-6-7-14-29(24)33)23(2)31(38)34-26-11-4-3-5-12-26/h6-10,13-19,23,26H,3-5,11-12,20-21H2,1-2H3,(H,34,38)/t23-/m1/s1. The highest BCUT2D eigenvalue weighted by molar-refractivity contribution is 7.92. The van der Waals surface area contributed by atoms with Crippen LogP contribution in [0.5, 0.6) is 0 Å². The molecule has 1 N–H and O–H groups in total. The van der Waals surface area contributed by atoms with Gasteiger partial charge in [0.2, 0.25) is 11.8 Å². The molecule has 0 radical (unpaired) electrons. The molecule has 0 aromatic heterocycles. The van der Waals surface area contributed by atoms with E-state index in [4.69, 9.17) is 23.2 Å². The molecule has 4 rings (SSSR count). The van der Waals surface area contributed by atoms with Crippen LogP contribution in [-0.2, 0) is 26.2 Å². The Labute approximate surface area is 252 Å². The van der Waals surface area contributed by atoms with Crippen molar-refractivity contribution < 1.29 is 18.0 Å². The van der Waals surface area contributed by atoms with Crippen LogP contribution in [0.4, 0.5) is 5.69 Å². The second-order valence-corrected chi connectivity index (χ2v) is 13.1. The van der Waals surface area contributed by atoms with Crippen molar-refractivity contribution in [2.45, 2.75) is 69.5 Å². The maximum atomic E-state index is 14.1. The van der Waals surface area contributed by atoms with Gasteiger partial charge in [0.05, 0.1) is 10.6 Å². The van der Waals surface area contributed by atoms with Crippen LogP contribution in [0.1, 0.15) is 50.2 Å². The Morgan fingerprint density at radius 3 is 2.29 bits per heavy atom. The van der Waals surface area contributed by atoms with Crippen molar-refractivity contribution in [1.82, 2.24) is 10.2 Å². The normalized spacial score (nSPS) is 14.7. The van der Waals surface area contributed by atoms with Gasteiger partial charge in [0.15, 0.2) is 0 Å². The van der Waals surface area contributed by atoms with Gasteiger partial charge >= 0.3 is 0 Å². The zero-order valence-electron chi connectivity index (χ0n) is 23.2. The summed E-state index contributed by atoms with van der Waals surface area (Å²) in [5.41, 5.74) is 1.83. The Kier molecular flexibility index (Phi) is 10.3. The third kappa shape index (κ3) is 7.82. The molecule has 3 aromatic carbocycles. The number of hydrogen-bond acceptors (Lipinski definition) is 4. The number of carbonyl (C=O) groups excluding carboxylic acids is 2. The van der Waals surface area contributed by atoms with E-state index in [9.17, 15) is 18.0 Å². The van der Waals surface area contributed by atoms with Gasteiger partial charge in [0.1, 0.15) is 12.6 Å². The third-order valence-electron chi connectivity index (χ3n) is 7.39. The van der Waals surface area contributed by atoms with Gasteiger partial charge in [-0.05, 0) is 80.3 Å². The summed E-state index contributed by atoms with van der Waals surface area (Å²) in [5, 5.41) is 3.95. The molecule has 218 valence electrons. The van der Waals surface area contributed by atoms with Crippen molar-refractivity contribution in [3.8, 4) is 0 Å². The van der Waals surface area contributed by atoms with E-state index >= 15 is 0 Å². The number of anilines is 1. The second kappa shape index (κ2) is 13.7. The van der Waals surface area contributed by atoms with E-state index in [-0.39, 0.29) is 23.4 Å². The van der Waals surface area contributed by atoms with Crippen molar-refractivity contribution in [3.63, 3.8) is 0 Å². The molecule has 0 spiro atoms. The molecule has 0 unspecified atom stereocenters. The predicted octanol–water partition coefficient (Wildman–Crippen LogP) is 6.36. The Balaban J connectivity index is 1.68. The lowest BCUT2D eigenvalue weighted by Gasteiger charge is -2.33. The zero-order chi connectivity index (χ0) is 29.6. The SMILES string of the molecule is Cc1cccc(N(CC(=O)N(Cc2ccccc2Cl)[C@H](C)C(=O)NC2CCCCC2)S(=O)(=O)c2ccc(Cl)cc2)c1. The van der Waals surface area contributed by atoms with Crippen LogP contribution in [0, 0.1) is 6.92 Å². The summed E-state index contributed by atoms with van der Waals surface area (Å²) < 4.78 is 28.9. The molecule has 1 saturated carbocycles.